The van der Waals surface area contributed by atoms with Crippen molar-refractivity contribution in [2.45, 2.75) is 118 Å². The Balaban J connectivity index is 3.66. The minimum atomic E-state index is -0.0548. The summed E-state index contributed by atoms with van der Waals surface area (Å²) in [5.41, 5.74) is 0. The molecule has 0 aliphatic carbocycles. The predicted octanol–water partition coefficient (Wildman–Crippen LogP) is 7.37. The maximum Gasteiger partial charge on any atom is 0.309 e. The van der Waals surface area contributed by atoms with Gasteiger partial charge in [-0.15, -0.1) is 0 Å². The highest BCUT2D eigenvalue weighted by atomic mass is 16.6. The molecule has 0 saturated heterocycles. The molecule has 216 valence electrons. The summed E-state index contributed by atoms with van der Waals surface area (Å²) in [4.78, 5) is 12.5. The summed E-state index contributed by atoms with van der Waals surface area (Å²) in [6, 6.07) is 0. The maximum atomic E-state index is 12.5. The van der Waals surface area contributed by atoms with Gasteiger partial charge in [0.05, 0.1) is 52.2 Å². The van der Waals surface area contributed by atoms with Gasteiger partial charge in [0.1, 0.15) is 0 Å². The Kier molecular flexibility index (Phi) is 28.3. The number of hydrogen-bond donors (Lipinski definition) is 0. The van der Waals surface area contributed by atoms with Crippen molar-refractivity contribution in [2.75, 3.05) is 59.5 Å². The molecule has 0 aromatic carbocycles. The number of rotatable bonds is 29. The van der Waals surface area contributed by atoms with Gasteiger partial charge in [-0.05, 0) is 31.6 Å². The van der Waals surface area contributed by atoms with Crippen LogP contribution in [0.1, 0.15) is 118 Å². The van der Waals surface area contributed by atoms with Crippen LogP contribution in [0.5, 0.6) is 0 Å². The lowest BCUT2D eigenvalue weighted by Gasteiger charge is -2.16. The third-order valence-corrected chi connectivity index (χ3v) is 6.61. The first-order valence-electron chi connectivity index (χ1n) is 15.2. The van der Waals surface area contributed by atoms with Crippen molar-refractivity contribution in [1.29, 1.82) is 0 Å². The number of hydrogen-bond acceptors (Lipinski definition) is 6. The van der Waals surface area contributed by atoms with Crippen molar-refractivity contribution in [3.05, 3.63) is 0 Å². The normalized spacial score (nSPS) is 13.1. The Hall–Kier alpha value is -0.690. The Bertz CT molecular complexity index is 445. The van der Waals surface area contributed by atoms with Crippen LogP contribution in [0.15, 0.2) is 0 Å². The lowest BCUT2D eigenvalue weighted by Crippen LogP contribution is -2.21. The highest BCUT2D eigenvalue weighted by Gasteiger charge is 2.19. The molecule has 36 heavy (non-hydrogen) atoms. The average Bonchev–Trinajstić information content (AvgIpc) is 2.89. The topological polar surface area (TPSA) is 63.2 Å². The van der Waals surface area contributed by atoms with Gasteiger partial charge in [0, 0.05) is 13.2 Å². The third-order valence-electron chi connectivity index (χ3n) is 6.61. The Labute approximate surface area is 223 Å². The molecular weight excluding hydrogens is 456 g/mol. The molecule has 0 aromatic heterocycles. The zero-order valence-corrected chi connectivity index (χ0v) is 24.4. The molecule has 0 fully saturated rings. The summed E-state index contributed by atoms with van der Waals surface area (Å²) in [5, 5.41) is 0. The fourth-order valence-electron chi connectivity index (χ4n) is 4.04. The molecule has 0 amide bonds. The summed E-state index contributed by atoms with van der Waals surface area (Å²) < 4.78 is 28.2. The van der Waals surface area contributed by atoms with Crippen LogP contribution in [-0.4, -0.2) is 65.4 Å². The summed E-state index contributed by atoms with van der Waals surface area (Å²) in [6.45, 7) is 14.2. The van der Waals surface area contributed by atoms with Crippen molar-refractivity contribution in [3.8, 4) is 0 Å². The molecule has 2 atom stereocenters. The fourth-order valence-corrected chi connectivity index (χ4v) is 4.04. The average molecular weight is 517 g/mol. The van der Waals surface area contributed by atoms with E-state index >= 15 is 0 Å². The second-order valence-electron chi connectivity index (χ2n) is 9.89. The molecule has 0 rings (SSSR count). The summed E-state index contributed by atoms with van der Waals surface area (Å²) in [6.07, 6.45) is 15.9. The van der Waals surface area contributed by atoms with Crippen molar-refractivity contribution < 1.29 is 28.5 Å². The largest absolute Gasteiger partial charge is 0.465 e. The molecule has 0 aliphatic rings. The van der Waals surface area contributed by atoms with Gasteiger partial charge < -0.3 is 23.7 Å². The van der Waals surface area contributed by atoms with E-state index in [1.807, 2.05) is 0 Å². The van der Waals surface area contributed by atoms with Crippen LogP contribution in [0.3, 0.4) is 0 Å². The summed E-state index contributed by atoms with van der Waals surface area (Å²) >= 11 is 0. The van der Waals surface area contributed by atoms with E-state index in [0.717, 1.165) is 45.1 Å². The molecule has 0 spiro atoms. The Morgan fingerprint density at radius 3 is 1.67 bits per heavy atom. The van der Waals surface area contributed by atoms with Gasteiger partial charge in [0.25, 0.3) is 0 Å². The maximum absolute atomic E-state index is 12.5. The van der Waals surface area contributed by atoms with E-state index in [1.54, 1.807) is 0 Å². The second kappa shape index (κ2) is 28.9. The van der Waals surface area contributed by atoms with Gasteiger partial charge in [-0.3, -0.25) is 4.79 Å². The molecule has 0 radical (unpaired) electrons. The zero-order valence-electron chi connectivity index (χ0n) is 24.4. The van der Waals surface area contributed by atoms with E-state index in [1.165, 1.54) is 51.4 Å². The molecule has 6 nitrogen and oxygen atoms in total. The summed E-state index contributed by atoms with van der Waals surface area (Å²) in [7, 11) is 0. The monoisotopic (exact) mass is 516 g/mol. The zero-order chi connectivity index (χ0) is 26.5. The highest BCUT2D eigenvalue weighted by molar-refractivity contribution is 5.72. The van der Waals surface area contributed by atoms with E-state index in [4.69, 9.17) is 23.7 Å². The van der Waals surface area contributed by atoms with Gasteiger partial charge in [0.15, 0.2) is 0 Å². The number of carbonyl (C=O) groups excluding carboxylic acids is 1. The van der Waals surface area contributed by atoms with Gasteiger partial charge in [-0.25, -0.2) is 0 Å². The fraction of sp³-hybridized carbons (Fsp3) is 0.967. The van der Waals surface area contributed by atoms with Crippen LogP contribution < -0.4 is 0 Å². The van der Waals surface area contributed by atoms with E-state index in [9.17, 15) is 4.79 Å². The van der Waals surface area contributed by atoms with E-state index in [-0.39, 0.29) is 11.9 Å². The van der Waals surface area contributed by atoms with Gasteiger partial charge in [-0.1, -0.05) is 91.9 Å². The van der Waals surface area contributed by atoms with E-state index < -0.39 is 0 Å². The minimum absolute atomic E-state index is 0.0517. The number of unbranched alkanes of at least 4 members (excludes halogenated alkanes) is 7. The van der Waals surface area contributed by atoms with Crippen LogP contribution >= 0.6 is 0 Å². The van der Waals surface area contributed by atoms with E-state index in [0.29, 0.717) is 58.8 Å². The van der Waals surface area contributed by atoms with Crippen molar-refractivity contribution >= 4 is 5.97 Å². The molecule has 0 bridgehead atoms. The molecule has 0 aromatic rings. The van der Waals surface area contributed by atoms with Crippen LogP contribution in [0.2, 0.25) is 0 Å². The first-order valence-corrected chi connectivity index (χ1v) is 15.2. The van der Waals surface area contributed by atoms with Crippen molar-refractivity contribution in [2.24, 2.45) is 11.8 Å². The lowest BCUT2D eigenvalue weighted by atomic mass is 9.99. The SMILES string of the molecule is CCCCCCCCOC(=O)C(CCCC)CCOCCOCCOCCOCC(CC)CCCC. The smallest absolute Gasteiger partial charge is 0.309 e. The standard InChI is InChI=1S/C30H60O6/c1-5-9-12-13-14-15-19-36-30(31)29(17-11-7-3)18-20-32-21-22-33-23-24-34-25-26-35-27-28(8-4)16-10-6-2/h28-29H,5-27H2,1-4H3. The molecule has 0 N–H and O–H groups in total. The highest BCUT2D eigenvalue weighted by Crippen LogP contribution is 2.16. The molecule has 0 saturated carbocycles. The molecule has 2 unspecified atom stereocenters. The van der Waals surface area contributed by atoms with Crippen molar-refractivity contribution in [3.63, 3.8) is 0 Å². The van der Waals surface area contributed by atoms with Crippen LogP contribution in [0.25, 0.3) is 0 Å². The van der Waals surface area contributed by atoms with Crippen LogP contribution in [0, 0.1) is 11.8 Å². The van der Waals surface area contributed by atoms with Gasteiger partial charge in [-0.2, -0.15) is 0 Å². The minimum Gasteiger partial charge on any atom is -0.465 e. The quantitative estimate of drug-likeness (QED) is 0.0764. The Morgan fingerprint density at radius 2 is 1.06 bits per heavy atom. The molecule has 0 heterocycles. The number of carbonyl (C=O) groups is 1. The Morgan fingerprint density at radius 1 is 0.528 bits per heavy atom. The van der Waals surface area contributed by atoms with Crippen LogP contribution in [0.4, 0.5) is 0 Å². The van der Waals surface area contributed by atoms with Gasteiger partial charge >= 0.3 is 5.97 Å². The third kappa shape index (κ3) is 23.7. The first kappa shape index (κ1) is 35.3. The van der Waals surface area contributed by atoms with E-state index in [2.05, 4.69) is 27.7 Å². The summed E-state index contributed by atoms with van der Waals surface area (Å²) in [5.74, 6) is 0.566. The predicted molar refractivity (Wildman–Crippen MR) is 149 cm³/mol. The second-order valence-corrected chi connectivity index (χ2v) is 9.89. The molecule has 6 heteroatoms. The molecular formula is C30H60O6. The van der Waals surface area contributed by atoms with Gasteiger partial charge in [0.2, 0.25) is 0 Å². The first-order chi connectivity index (χ1) is 17.7. The number of esters is 1. The van der Waals surface area contributed by atoms with Crippen LogP contribution in [-0.2, 0) is 28.5 Å². The number of ether oxygens (including phenoxy) is 5. The molecule has 0 aliphatic heterocycles. The lowest BCUT2D eigenvalue weighted by molar-refractivity contribution is -0.149. The van der Waals surface area contributed by atoms with Crippen molar-refractivity contribution in [1.82, 2.24) is 0 Å².